The Morgan fingerprint density at radius 1 is 0.440 bits per heavy atom. The average molecular weight is 661 g/mol. The quantitative estimate of drug-likeness (QED) is 0.184. The van der Waals surface area contributed by atoms with Crippen molar-refractivity contribution in [3.63, 3.8) is 0 Å². The minimum Gasteiger partial charge on any atom is -0.309 e. The van der Waals surface area contributed by atoms with Crippen molar-refractivity contribution >= 4 is 53.3 Å². The number of hydrogen-bond acceptors (Lipinski definition) is 3. The maximum absolute atomic E-state index is 8.65. The van der Waals surface area contributed by atoms with E-state index in [4.69, 9.17) is 16.8 Å². The molecule has 3 heterocycles. The molecule has 0 spiro atoms. The van der Waals surface area contributed by atoms with Gasteiger partial charge >= 0.3 is 0 Å². The van der Waals surface area contributed by atoms with Gasteiger partial charge in [0.2, 0.25) is 0 Å². The van der Waals surface area contributed by atoms with Crippen LogP contribution in [0.25, 0.3) is 92.7 Å². The van der Waals surface area contributed by atoms with Crippen LogP contribution in [-0.4, -0.2) is 14.5 Å². The van der Waals surface area contributed by atoms with Gasteiger partial charge in [-0.05, 0) is 59.7 Å². The molecular formula is C46H29N3S. The fourth-order valence-electron chi connectivity index (χ4n) is 6.94. The zero-order chi connectivity index (χ0) is 37.4. The summed E-state index contributed by atoms with van der Waals surface area (Å²) >= 11 is 1.71. The van der Waals surface area contributed by atoms with Crippen LogP contribution in [0.15, 0.2) is 176 Å². The molecule has 0 unspecified atom stereocenters. The Bertz CT molecular complexity index is 3130. The van der Waals surface area contributed by atoms with Crippen molar-refractivity contribution in [3.8, 4) is 50.7 Å². The molecule has 0 amide bonds. The number of nitrogens with zero attached hydrogens (tertiary/aromatic N) is 3. The van der Waals surface area contributed by atoms with Gasteiger partial charge in [0.25, 0.3) is 0 Å². The van der Waals surface area contributed by atoms with E-state index in [1.54, 1.807) is 17.4 Å². The van der Waals surface area contributed by atoms with E-state index in [1.807, 2.05) is 42.5 Å². The molecular weight excluding hydrogens is 627 g/mol. The number of thiophene rings is 1. The first-order valence-corrected chi connectivity index (χ1v) is 17.2. The van der Waals surface area contributed by atoms with Crippen LogP contribution < -0.4 is 0 Å². The molecule has 0 aliphatic rings. The van der Waals surface area contributed by atoms with Crippen molar-refractivity contribution in [1.29, 1.82) is 0 Å². The Labute approximate surface area is 300 Å². The lowest BCUT2D eigenvalue weighted by atomic mass is 10.0. The summed E-state index contributed by atoms with van der Waals surface area (Å²) in [6, 6.07) is 48.1. The Kier molecular flexibility index (Phi) is 5.57. The normalized spacial score (nSPS) is 13.0. The van der Waals surface area contributed by atoms with Gasteiger partial charge in [0.05, 0.1) is 29.3 Å². The summed E-state index contributed by atoms with van der Waals surface area (Å²) in [5.41, 5.74) is 8.28. The number of fused-ring (bicyclic) bond motifs is 6. The maximum Gasteiger partial charge on any atom is 0.160 e. The highest BCUT2D eigenvalue weighted by Crippen LogP contribution is 2.40. The van der Waals surface area contributed by atoms with Gasteiger partial charge in [0, 0.05) is 53.3 Å². The van der Waals surface area contributed by atoms with Crippen LogP contribution in [0.2, 0.25) is 0 Å². The molecule has 10 rings (SSSR count). The summed E-state index contributed by atoms with van der Waals surface area (Å²) in [5.74, 6) is 0.408. The van der Waals surface area contributed by atoms with E-state index in [9.17, 15) is 0 Å². The van der Waals surface area contributed by atoms with Crippen LogP contribution in [0.5, 0.6) is 0 Å². The monoisotopic (exact) mass is 660 g/mol. The zero-order valence-corrected chi connectivity index (χ0v) is 27.4. The van der Waals surface area contributed by atoms with Gasteiger partial charge in [-0.25, -0.2) is 9.97 Å². The number of rotatable bonds is 5. The largest absolute Gasteiger partial charge is 0.309 e. The smallest absolute Gasteiger partial charge is 0.160 e. The van der Waals surface area contributed by atoms with E-state index in [0.717, 1.165) is 48.1 Å². The molecule has 10 aromatic rings. The Morgan fingerprint density at radius 2 is 1.04 bits per heavy atom. The second-order valence-corrected chi connectivity index (χ2v) is 13.4. The van der Waals surface area contributed by atoms with E-state index >= 15 is 0 Å². The van der Waals surface area contributed by atoms with Crippen molar-refractivity contribution in [2.24, 2.45) is 0 Å². The molecule has 0 fully saturated rings. The van der Waals surface area contributed by atoms with E-state index in [0.29, 0.717) is 11.5 Å². The molecule has 0 N–H and O–H groups in total. The molecule has 0 saturated heterocycles. The molecule has 3 aromatic heterocycles. The molecule has 3 nitrogen and oxygen atoms in total. The third-order valence-corrected chi connectivity index (χ3v) is 10.4. The summed E-state index contributed by atoms with van der Waals surface area (Å²) < 4.78 is 46.5. The zero-order valence-electron chi connectivity index (χ0n) is 31.6. The summed E-state index contributed by atoms with van der Waals surface area (Å²) in [5, 5.41) is 4.71. The Hall–Kier alpha value is -6.36. The van der Waals surface area contributed by atoms with E-state index in [2.05, 4.69) is 102 Å². The maximum atomic E-state index is 8.65. The van der Waals surface area contributed by atoms with Crippen molar-refractivity contribution in [2.75, 3.05) is 0 Å². The van der Waals surface area contributed by atoms with Crippen LogP contribution in [0.4, 0.5) is 0 Å². The lowest BCUT2D eigenvalue weighted by Crippen LogP contribution is -1.95. The van der Waals surface area contributed by atoms with Crippen molar-refractivity contribution in [1.82, 2.24) is 14.5 Å². The SMILES string of the molecule is [2H]c1c([2H])c([2H])c(-c2cc(-c3ccccc3)nc(-c3ccc4c(c3)sc3cc(-c5ccc6c(c5)c5ccccc5n6-c5ccccc5)ccc34)n2)c([2H])c1[2H]. The topological polar surface area (TPSA) is 30.7 Å². The first kappa shape index (κ1) is 23.9. The third kappa shape index (κ3) is 4.80. The van der Waals surface area contributed by atoms with Crippen LogP contribution in [-0.2, 0) is 0 Å². The number of para-hydroxylation sites is 2. The van der Waals surface area contributed by atoms with Gasteiger partial charge in [-0.15, -0.1) is 11.3 Å². The van der Waals surface area contributed by atoms with Gasteiger partial charge < -0.3 is 4.57 Å². The molecule has 0 bridgehead atoms. The number of benzene rings is 7. The molecule has 0 atom stereocenters. The fourth-order valence-corrected chi connectivity index (χ4v) is 8.13. The third-order valence-electron chi connectivity index (χ3n) is 9.30. The fraction of sp³-hybridized carbons (Fsp3) is 0. The summed E-state index contributed by atoms with van der Waals surface area (Å²) in [6.45, 7) is 0. The van der Waals surface area contributed by atoms with E-state index in [1.165, 1.54) is 21.8 Å². The number of hydrogen-bond donors (Lipinski definition) is 0. The second kappa shape index (κ2) is 11.7. The minimum absolute atomic E-state index is 0.0464. The first-order chi connectivity index (χ1) is 26.8. The van der Waals surface area contributed by atoms with Gasteiger partial charge in [-0.2, -0.15) is 0 Å². The highest BCUT2D eigenvalue weighted by Gasteiger charge is 2.15. The molecule has 50 heavy (non-hydrogen) atoms. The second-order valence-electron chi connectivity index (χ2n) is 12.3. The lowest BCUT2D eigenvalue weighted by Gasteiger charge is -2.09. The molecule has 0 aliphatic carbocycles. The molecule has 7 aromatic carbocycles. The highest BCUT2D eigenvalue weighted by molar-refractivity contribution is 7.25. The molecule has 4 heteroatoms. The summed E-state index contributed by atoms with van der Waals surface area (Å²) in [7, 11) is 0. The molecule has 0 aliphatic heterocycles. The molecule has 0 saturated carbocycles. The minimum atomic E-state index is -0.439. The molecule has 234 valence electrons. The van der Waals surface area contributed by atoms with Crippen LogP contribution >= 0.6 is 11.3 Å². The van der Waals surface area contributed by atoms with E-state index in [-0.39, 0.29) is 23.3 Å². The van der Waals surface area contributed by atoms with Gasteiger partial charge in [0.1, 0.15) is 0 Å². The highest BCUT2D eigenvalue weighted by atomic mass is 32.1. The molecule has 0 radical (unpaired) electrons. The van der Waals surface area contributed by atoms with Crippen molar-refractivity contribution in [3.05, 3.63) is 176 Å². The standard InChI is InChI=1S/C46H29N3S/c1-4-12-30(13-5-1)40-29-41(31-14-6-2-7-15-31)48-46(47-40)34-21-24-38-37-23-20-33(27-44(37)50-45(38)28-34)32-22-25-43-39(26-32)36-18-10-11-19-42(36)49(43)35-16-8-3-9-17-35/h1-29H/i1D,4D,5D,12D,13D. The van der Waals surface area contributed by atoms with Crippen LogP contribution in [0, 0.1) is 0 Å². The van der Waals surface area contributed by atoms with Gasteiger partial charge in [-0.1, -0.05) is 127 Å². The van der Waals surface area contributed by atoms with Crippen LogP contribution in [0.1, 0.15) is 6.85 Å². The Morgan fingerprint density at radius 3 is 1.82 bits per heavy atom. The average Bonchev–Trinajstić information content (AvgIpc) is 3.77. The Balaban J connectivity index is 1.09. The van der Waals surface area contributed by atoms with E-state index < -0.39 is 18.1 Å². The predicted octanol–water partition coefficient (Wildman–Crippen LogP) is 12.6. The summed E-state index contributed by atoms with van der Waals surface area (Å²) in [4.78, 5) is 9.78. The lowest BCUT2D eigenvalue weighted by molar-refractivity contribution is 1.18. The van der Waals surface area contributed by atoms with Gasteiger partial charge in [0.15, 0.2) is 5.82 Å². The number of aromatic nitrogens is 3. The van der Waals surface area contributed by atoms with Gasteiger partial charge in [-0.3, -0.25) is 0 Å². The summed E-state index contributed by atoms with van der Waals surface area (Å²) in [6.07, 6.45) is 0. The predicted molar refractivity (Wildman–Crippen MR) is 211 cm³/mol. The van der Waals surface area contributed by atoms with Crippen molar-refractivity contribution < 1.29 is 6.85 Å². The van der Waals surface area contributed by atoms with Crippen LogP contribution in [0.3, 0.4) is 0 Å². The van der Waals surface area contributed by atoms with Crippen molar-refractivity contribution in [2.45, 2.75) is 0 Å². The first-order valence-electron chi connectivity index (χ1n) is 18.9.